The van der Waals surface area contributed by atoms with Crippen molar-refractivity contribution in [1.82, 2.24) is 9.88 Å². The van der Waals surface area contributed by atoms with Crippen LogP contribution in [0.5, 0.6) is 0 Å². The molecule has 0 unspecified atom stereocenters. The number of anilines is 1. The first-order chi connectivity index (χ1) is 8.58. The van der Waals surface area contributed by atoms with Crippen molar-refractivity contribution in [2.45, 2.75) is 4.90 Å². The number of hydrogen-bond acceptors (Lipinski definition) is 4. The largest absolute Gasteiger partial charge is 0.399 e. The van der Waals surface area contributed by atoms with Crippen molar-refractivity contribution in [3.63, 3.8) is 0 Å². The van der Waals surface area contributed by atoms with Crippen molar-refractivity contribution >= 4 is 34.3 Å². The molecule has 1 aromatic carbocycles. The van der Waals surface area contributed by atoms with Crippen LogP contribution in [0.2, 0.25) is 0 Å². The molecule has 1 aromatic heterocycles. The number of aromatic nitrogens is 1. The number of amides is 1. The summed E-state index contributed by atoms with van der Waals surface area (Å²) in [4.78, 5) is 18.5. The summed E-state index contributed by atoms with van der Waals surface area (Å²) in [6.07, 6.45) is 1.74. The SMILES string of the molecule is CN(C)C(=O)CSc1ccnc2cc(N)ccc12. The lowest BCUT2D eigenvalue weighted by Gasteiger charge is -2.10. The molecule has 5 heteroatoms. The van der Waals surface area contributed by atoms with Crippen LogP contribution in [-0.4, -0.2) is 35.6 Å². The number of benzene rings is 1. The second-order valence-corrected chi connectivity index (χ2v) is 5.18. The minimum atomic E-state index is 0.0976. The normalized spacial score (nSPS) is 10.6. The van der Waals surface area contributed by atoms with Crippen molar-refractivity contribution in [3.8, 4) is 0 Å². The second kappa shape index (κ2) is 5.27. The van der Waals surface area contributed by atoms with E-state index in [9.17, 15) is 4.79 Å². The Morgan fingerprint density at radius 2 is 2.17 bits per heavy atom. The van der Waals surface area contributed by atoms with Gasteiger partial charge in [-0.3, -0.25) is 9.78 Å². The number of carbonyl (C=O) groups is 1. The third-order valence-corrected chi connectivity index (χ3v) is 3.64. The van der Waals surface area contributed by atoms with Crippen LogP contribution in [0, 0.1) is 0 Å². The van der Waals surface area contributed by atoms with Crippen molar-refractivity contribution in [3.05, 3.63) is 30.5 Å². The van der Waals surface area contributed by atoms with Gasteiger partial charge in [0.15, 0.2) is 0 Å². The molecule has 18 heavy (non-hydrogen) atoms. The fourth-order valence-corrected chi connectivity index (χ4v) is 2.56. The Morgan fingerprint density at radius 1 is 1.39 bits per heavy atom. The Kier molecular flexibility index (Phi) is 3.72. The van der Waals surface area contributed by atoms with E-state index in [1.165, 1.54) is 11.8 Å². The number of carbonyl (C=O) groups excluding carboxylic acids is 1. The van der Waals surface area contributed by atoms with Gasteiger partial charge >= 0.3 is 0 Å². The van der Waals surface area contributed by atoms with Gasteiger partial charge in [0.1, 0.15) is 0 Å². The van der Waals surface area contributed by atoms with Gasteiger partial charge < -0.3 is 10.6 Å². The van der Waals surface area contributed by atoms with Crippen molar-refractivity contribution in [2.24, 2.45) is 0 Å². The highest BCUT2D eigenvalue weighted by molar-refractivity contribution is 8.00. The summed E-state index contributed by atoms with van der Waals surface area (Å²) < 4.78 is 0. The smallest absolute Gasteiger partial charge is 0.232 e. The van der Waals surface area contributed by atoms with Gasteiger partial charge in [-0.1, -0.05) is 0 Å². The maximum atomic E-state index is 11.6. The molecule has 94 valence electrons. The van der Waals surface area contributed by atoms with E-state index in [1.54, 1.807) is 25.2 Å². The van der Waals surface area contributed by atoms with Crippen molar-refractivity contribution < 1.29 is 4.79 Å². The van der Waals surface area contributed by atoms with E-state index >= 15 is 0 Å². The Bertz CT molecular complexity index is 583. The first-order valence-electron chi connectivity index (χ1n) is 5.55. The van der Waals surface area contributed by atoms with Gasteiger partial charge in [0.2, 0.25) is 5.91 Å². The average molecular weight is 261 g/mol. The van der Waals surface area contributed by atoms with Gasteiger partial charge in [-0.25, -0.2) is 0 Å². The highest BCUT2D eigenvalue weighted by atomic mass is 32.2. The van der Waals surface area contributed by atoms with E-state index in [0.29, 0.717) is 11.4 Å². The molecule has 0 atom stereocenters. The van der Waals surface area contributed by atoms with E-state index in [0.717, 1.165) is 15.8 Å². The number of pyridine rings is 1. The lowest BCUT2D eigenvalue weighted by atomic mass is 10.2. The number of nitrogen functional groups attached to an aromatic ring is 1. The molecular weight excluding hydrogens is 246 g/mol. The molecule has 2 N–H and O–H groups in total. The zero-order chi connectivity index (χ0) is 13.1. The van der Waals surface area contributed by atoms with Crippen LogP contribution >= 0.6 is 11.8 Å². The molecule has 0 saturated carbocycles. The van der Waals surface area contributed by atoms with Crippen molar-refractivity contribution in [2.75, 3.05) is 25.6 Å². The second-order valence-electron chi connectivity index (χ2n) is 4.16. The van der Waals surface area contributed by atoms with Crippen LogP contribution in [0.25, 0.3) is 10.9 Å². The fraction of sp³-hybridized carbons (Fsp3) is 0.231. The molecule has 0 radical (unpaired) electrons. The molecule has 4 nitrogen and oxygen atoms in total. The van der Waals surface area contributed by atoms with Gasteiger partial charge in [0, 0.05) is 36.3 Å². The molecule has 0 aliphatic heterocycles. The first-order valence-corrected chi connectivity index (χ1v) is 6.53. The lowest BCUT2D eigenvalue weighted by Crippen LogP contribution is -2.23. The molecule has 1 heterocycles. The molecule has 1 amide bonds. The van der Waals surface area contributed by atoms with E-state index in [1.807, 2.05) is 24.3 Å². The van der Waals surface area contributed by atoms with Crippen LogP contribution in [0.3, 0.4) is 0 Å². The zero-order valence-electron chi connectivity index (χ0n) is 10.4. The number of fused-ring (bicyclic) bond motifs is 1. The van der Waals surface area contributed by atoms with E-state index in [-0.39, 0.29) is 5.91 Å². The van der Waals surface area contributed by atoms with Gasteiger partial charge in [0.25, 0.3) is 0 Å². The highest BCUT2D eigenvalue weighted by Crippen LogP contribution is 2.27. The van der Waals surface area contributed by atoms with E-state index < -0.39 is 0 Å². The van der Waals surface area contributed by atoms with E-state index in [2.05, 4.69) is 4.98 Å². The van der Waals surface area contributed by atoms with Gasteiger partial charge in [-0.15, -0.1) is 11.8 Å². The Labute approximate surface area is 110 Å². The summed E-state index contributed by atoms with van der Waals surface area (Å²) in [5, 5.41) is 1.03. The third kappa shape index (κ3) is 2.73. The molecule has 0 fully saturated rings. The minimum Gasteiger partial charge on any atom is -0.399 e. The van der Waals surface area contributed by atoms with Crippen molar-refractivity contribution in [1.29, 1.82) is 0 Å². The minimum absolute atomic E-state index is 0.0976. The Morgan fingerprint density at radius 3 is 2.89 bits per heavy atom. The number of thioether (sulfide) groups is 1. The molecule has 0 bridgehead atoms. The summed E-state index contributed by atoms with van der Waals surface area (Å²) in [7, 11) is 3.52. The Balaban J connectivity index is 2.26. The summed E-state index contributed by atoms with van der Waals surface area (Å²) in [5.74, 6) is 0.525. The Hall–Kier alpha value is -1.75. The van der Waals surface area contributed by atoms with E-state index in [4.69, 9.17) is 5.73 Å². The maximum Gasteiger partial charge on any atom is 0.232 e. The number of hydrogen-bond donors (Lipinski definition) is 1. The fourth-order valence-electron chi connectivity index (χ4n) is 1.53. The topological polar surface area (TPSA) is 59.2 Å². The molecule has 0 spiro atoms. The molecule has 0 aliphatic rings. The summed E-state index contributed by atoms with van der Waals surface area (Å²) >= 11 is 1.52. The quantitative estimate of drug-likeness (QED) is 0.678. The lowest BCUT2D eigenvalue weighted by molar-refractivity contribution is -0.125. The predicted octanol–water partition coefficient (Wildman–Crippen LogP) is 2.00. The zero-order valence-corrected chi connectivity index (χ0v) is 11.2. The molecule has 2 aromatic rings. The third-order valence-electron chi connectivity index (χ3n) is 2.58. The summed E-state index contributed by atoms with van der Waals surface area (Å²) in [6, 6.07) is 7.56. The summed E-state index contributed by atoms with van der Waals surface area (Å²) in [5.41, 5.74) is 7.28. The summed E-state index contributed by atoms with van der Waals surface area (Å²) in [6.45, 7) is 0. The van der Waals surface area contributed by atoms with Gasteiger partial charge in [-0.2, -0.15) is 0 Å². The number of nitrogens with two attached hydrogens (primary N) is 1. The van der Waals surface area contributed by atoms with Crippen LogP contribution in [0.1, 0.15) is 0 Å². The molecular formula is C13H15N3OS. The van der Waals surface area contributed by atoms with Crippen LogP contribution in [-0.2, 0) is 4.79 Å². The molecule has 0 aliphatic carbocycles. The van der Waals surface area contributed by atoms with Gasteiger partial charge in [0.05, 0.1) is 11.3 Å². The first kappa shape index (κ1) is 12.7. The molecule has 2 rings (SSSR count). The van der Waals surface area contributed by atoms with Gasteiger partial charge in [-0.05, 0) is 24.3 Å². The number of nitrogens with zero attached hydrogens (tertiary/aromatic N) is 2. The van der Waals surface area contributed by atoms with Crippen LogP contribution in [0.15, 0.2) is 35.4 Å². The monoisotopic (exact) mass is 261 g/mol. The standard InChI is InChI=1S/C13H15N3OS/c1-16(2)13(17)8-18-12-5-6-15-11-7-9(14)3-4-10(11)12/h3-7H,8,14H2,1-2H3. The average Bonchev–Trinajstić information content (AvgIpc) is 2.35. The highest BCUT2D eigenvalue weighted by Gasteiger charge is 2.07. The van der Waals surface area contributed by atoms with Crippen LogP contribution in [0.4, 0.5) is 5.69 Å². The number of rotatable bonds is 3. The van der Waals surface area contributed by atoms with Crippen LogP contribution < -0.4 is 5.73 Å². The molecule has 0 saturated heterocycles. The predicted molar refractivity (Wildman–Crippen MR) is 75.6 cm³/mol. The maximum absolute atomic E-state index is 11.6.